The normalized spacial score (nSPS) is 19.4. The van der Waals surface area contributed by atoms with Crippen molar-refractivity contribution in [2.24, 2.45) is 5.84 Å². The molecular formula is C12H18N8O. The van der Waals surface area contributed by atoms with Crippen LogP contribution >= 0.6 is 0 Å². The van der Waals surface area contributed by atoms with Gasteiger partial charge in [-0.15, -0.1) is 0 Å². The van der Waals surface area contributed by atoms with Crippen molar-refractivity contribution in [2.75, 3.05) is 17.3 Å². The van der Waals surface area contributed by atoms with Crippen molar-refractivity contribution >= 4 is 11.9 Å². The number of ether oxygens (including phenoxy) is 1. The highest BCUT2D eigenvalue weighted by atomic mass is 16.5. The molecule has 3 heterocycles. The highest BCUT2D eigenvalue weighted by Gasteiger charge is 2.23. The molecule has 0 amide bonds. The van der Waals surface area contributed by atoms with Crippen molar-refractivity contribution in [3.63, 3.8) is 0 Å². The molecular weight excluding hydrogens is 272 g/mol. The van der Waals surface area contributed by atoms with Gasteiger partial charge in [-0.3, -0.25) is 9.99 Å². The predicted molar refractivity (Wildman–Crippen MR) is 76.8 cm³/mol. The molecule has 0 radical (unpaired) electrons. The van der Waals surface area contributed by atoms with Crippen molar-refractivity contribution < 1.29 is 4.74 Å². The molecule has 2 aromatic heterocycles. The van der Waals surface area contributed by atoms with Gasteiger partial charge in [-0.2, -0.15) is 15.0 Å². The van der Waals surface area contributed by atoms with Crippen LogP contribution in [0.25, 0.3) is 5.95 Å². The third-order valence-corrected chi connectivity index (χ3v) is 3.37. The van der Waals surface area contributed by atoms with E-state index in [9.17, 15) is 0 Å². The number of nitrogens with one attached hydrogen (secondary N) is 2. The van der Waals surface area contributed by atoms with E-state index >= 15 is 0 Å². The molecule has 1 fully saturated rings. The number of nitrogens with zero attached hydrogens (tertiary/aromatic N) is 5. The second-order valence-electron chi connectivity index (χ2n) is 4.88. The van der Waals surface area contributed by atoms with Crippen LogP contribution in [0, 0.1) is 0 Å². The van der Waals surface area contributed by atoms with Gasteiger partial charge in [-0.1, -0.05) is 0 Å². The molecule has 1 aliphatic heterocycles. The maximum atomic E-state index is 5.66. The van der Waals surface area contributed by atoms with Crippen LogP contribution in [0.3, 0.4) is 0 Å². The summed E-state index contributed by atoms with van der Waals surface area (Å²) < 4.78 is 7.34. The highest BCUT2D eigenvalue weighted by Crippen LogP contribution is 2.18. The lowest BCUT2D eigenvalue weighted by Gasteiger charge is -2.20. The molecule has 21 heavy (non-hydrogen) atoms. The average molecular weight is 290 g/mol. The first kappa shape index (κ1) is 13.7. The zero-order chi connectivity index (χ0) is 14.7. The zero-order valence-corrected chi connectivity index (χ0v) is 11.7. The van der Waals surface area contributed by atoms with Crippen LogP contribution < -0.4 is 16.6 Å². The van der Waals surface area contributed by atoms with E-state index in [2.05, 4.69) is 30.7 Å². The molecule has 0 aromatic carbocycles. The molecule has 1 aliphatic rings. The van der Waals surface area contributed by atoms with Crippen LogP contribution in [0.5, 0.6) is 0 Å². The minimum atomic E-state index is 0.108. The number of imidazole rings is 1. The first-order chi connectivity index (χ1) is 10.3. The Morgan fingerprint density at radius 1 is 1.38 bits per heavy atom. The standard InChI is InChI=1S/C12H18N8O/c1-8(9-3-2-6-21-9)15-10-16-11(19-13)18-12(17-10)20-5-4-14-7-20/h4-5,7-9H,2-3,6,13H2,1H3,(H2,15,16,17,18,19). The molecule has 0 spiro atoms. The molecule has 2 atom stereocenters. The minimum absolute atomic E-state index is 0.108. The topological polar surface area (TPSA) is 116 Å². The fraction of sp³-hybridized carbons (Fsp3) is 0.500. The number of hydrazine groups is 1. The second kappa shape index (κ2) is 6.02. The summed E-state index contributed by atoms with van der Waals surface area (Å²) in [5.74, 6) is 6.59. The Bertz CT molecular complexity index is 581. The third kappa shape index (κ3) is 3.09. The summed E-state index contributed by atoms with van der Waals surface area (Å²) in [4.78, 5) is 16.8. The Morgan fingerprint density at radius 2 is 2.24 bits per heavy atom. The van der Waals surface area contributed by atoms with Crippen LogP contribution in [0.2, 0.25) is 0 Å². The average Bonchev–Trinajstić information content (AvgIpc) is 3.19. The van der Waals surface area contributed by atoms with E-state index in [0.717, 1.165) is 19.4 Å². The number of hydrogen-bond donors (Lipinski definition) is 3. The summed E-state index contributed by atoms with van der Waals surface area (Å²) in [6.45, 7) is 2.86. The number of nitrogen functional groups attached to an aromatic ring is 1. The van der Waals surface area contributed by atoms with E-state index in [-0.39, 0.29) is 18.1 Å². The highest BCUT2D eigenvalue weighted by molar-refractivity contribution is 5.38. The van der Waals surface area contributed by atoms with Crippen LogP contribution in [0.15, 0.2) is 18.7 Å². The van der Waals surface area contributed by atoms with Crippen molar-refractivity contribution in [1.82, 2.24) is 24.5 Å². The predicted octanol–water partition coefficient (Wildman–Crippen LogP) is 0.322. The summed E-state index contributed by atoms with van der Waals surface area (Å²) >= 11 is 0. The monoisotopic (exact) mass is 290 g/mol. The van der Waals surface area contributed by atoms with Gasteiger partial charge in [-0.25, -0.2) is 10.8 Å². The van der Waals surface area contributed by atoms with Gasteiger partial charge in [0.2, 0.25) is 17.8 Å². The van der Waals surface area contributed by atoms with E-state index in [4.69, 9.17) is 10.6 Å². The smallest absolute Gasteiger partial charge is 0.243 e. The quantitative estimate of drug-likeness (QED) is 0.532. The van der Waals surface area contributed by atoms with Gasteiger partial charge in [0.1, 0.15) is 6.33 Å². The zero-order valence-electron chi connectivity index (χ0n) is 11.7. The van der Waals surface area contributed by atoms with Gasteiger partial charge in [0.05, 0.1) is 12.1 Å². The number of aromatic nitrogens is 5. The Balaban J connectivity index is 1.82. The fourth-order valence-electron chi connectivity index (χ4n) is 2.28. The van der Waals surface area contributed by atoms with Gasteiger partial charge >= 0.3 is 0 Å². The number of rotatable bonds is 5. The van der Waals surface area contributed by atoms with Gasteiger partial charge in [-0.05, 0) is 19.8 Å². The van der Waals surface area contributed by atoms with Gasteiger partial charge in [0, 0.05) is 19.0 Å². The van der Waals surface area contributed by atoms with Crippen LogP contribution in [-0.4, -0.2) is 43.3 Å². The molecule has 1 saturated heterocycles. The van der Waals surface area contributed by atoms with Crippen LogP contribution in [-0.2, 0) is 4.74 Å². The fourth-order valence-corrected chi connectivity index (χ4v) is 2.28. The van der Waals surface area contributed by atoms with Gasteiger partial charge in [0.15, 0.2) is 0 Å². The van der Waals surface area contributed by atoms with E-state index in [1.165, 1.54) is 0 Å². The largest absolute Gasteiger partial charge is 0.376 e. The molecule has 0 saturated carbocycles. The summed E-state index contributed by atoms with van der Waals surface area (Å²) in [5, 5.41) is 3.24. The molecule has 0 aliphatic carbocycles. The Labute approximate surface area is 121 Å². The SMILES string of the molecule is CC(Nc1nc(NN)nc(-n2ccnc2)n1)C1CCCO1. The third-order valence-electron chi connectivity index (χ3n) is 3.37. The summed E-state index contributed by atoms with van der Waals surface area (Å²) in [6.07, 6.45) is 7.32. The summed E-state index contributed by atoms with van der Waals surface area (Å²) in [7, 11) is 0. The Hall–Kier alpha value is -2.26. The number of anilines is 2. The van der Waals surface area contributed by atoms with Gasteiger partial charge in [0.25, 0.3) is 0 Å². The van der Waals surface area contributed by atoms with Crippen molar-refractivity contribution in [1.29, 1.82) is 0 Å². The minimum Gasteiger partial charge on any atom is -0.376 e. The second-order valence-corrected chi connectivity index (χ2v) is 4.88. The van der Waals surface area contributed by atoms with Gasteiger partial charge < -0.3 is 10.1 Å². The molecule has 9 nitrogen and oxygen atoms in total. The molecule has 2 aromatic rings. The van der Waals surface area contributed by atoms with Crippen LogP contribution in [0.1, 0.15) is 19.8 Å². The molecule has 112 valence electrons. The summed E-state index contributed by atoms with van der Waals surface area (Å²) in [5.41, 5.74) is 2.45. The van der Waals surface area contributed by atoms with E-state index in [1.807, 2.05) is 6.92 Å². The lowest BCUT2D eigenvalue weighted by atomic mass is 10.1. The molecule has 0 bridgehead atoms. The molecule has 3 rings (SSSR count). The summed E-state index contributed by atoms with van der Waals surface area (Å²) in [6, 6.07) is 0.108. The van der Waals surface area contributed by atoms with E-state index in [1.54, 1.807) is 23.3 Å². The number of nitrogens with two attached hydrogens (primary N) is 1. The molecule has 2 unspecified atom stereocenters. The Morgan fingerprint density at radius 3 is 2.90 bits per heavy atom. The van der Waals surface area contributed by atoms with Crippen molar-refractivity contribution in [3.05, 3.63) is 18.7 Å². The van der Waals surface area contributed by atoms with Crippen molar-refractivity contribution in [2.45, 2.75) is 31.9 Å². The lowest BCUT2D eigenvalue weighted by Crippen LogP contribution is -2.31. The Kier molecular flexibility index (Phi) is 3.93. The first-order valence-corrected chi connectivity index (χ1v) is 6.85. The van der Waals surface area contributed by atoms with Crippen molar-refractivity contribution in [3.8, 4) is 5.95 Å². The maximum absolute atomic E-state index is 5.66. The van der Waals surface area contributed by atoms with E-state index < -0.39 is 0 Å². The van der Waals surface area contributed by atoms with E-state index in [0.29, 0.717) is 11.9 Å². The van der Waals surface area contributed by atoms with Crippen LogP contribution in [0.4, 0.5) is 11.9 Å². The maximum Gasteiger partial charge on any atom is 0.243 e. The lowest BCUT2D eigenvalue weighted by molar-refractivity contribution is 0.0994. The number of hydrogen-bond acceptors (Lipinski definition) is 8. The first-order valence-electron chi connectivity index (χ1n) is 6.85. The molecule has 9 heteroatoms. The molecule has 4 N–H and O–H groups in total.